The summed E-state index contributed by atoms with van der Waals surface area (Å²) in [7, 11) is 0. The van der Waals surface area contributed by atoms with Gasteiger partial charge in [-0.2, -0.15) is 5.10 Å². The highest BCUT2D eigenvalue weighted by Crippen LogP contribution is 2.23. The van der Waals surface area contributed by atoms with E-state index >= 15 is 0 Å². The lowest BCUT2D eigenvalue weighted by Gasteiger charge is -2.27. The molecule has 2 N–H and O–H groups in total. The molecule has 9 nitrogen and oxygen atoms in total. The van der Waals surface area contributed by atoms with Crippen molar-refractivity contribution in [2.45, 2.75) is 32.0 Å². The van der Waals surface area contributed by atoms with Gasteiger partial charge in [-0.3, -0.25) is 9.59 Å². The van der Waals surface area contributed by atoms with E-state index in [-0.39, 0.29) is 19.0 Å². The molecule has 196 valence electrons. The molecule has 0 saturated carbocycles. The fraction of sp³-hybridized carbons (Fsp3) is 0.214. The van der Waals surface area contributed by atoms with Crippen LogP contribution in [-0.4, -0.2) is 39.2 Å². The first kappa shape index (κ1) is 26.5. The topological polar surface area (TPSA) is 107 Å². The number of amides is 2. The van der Waals surface area contributed by atoms with E-state index in [2.05, 4.69) is 20.7 Å². The maximum atomic E-state index is 13.2. The highest BCUT2D eigenvalue weighted by atomic mass is 19.1. The maximum absolute atomic E-state index is 13.2. The van der Waals surface area contributed by atoms with E-state index < -0.39 is 23.4 Å². The average Bonchev–Trinajstić information content (AvgIpc) is 3.47. The van der Waals surface area contributed by atoms with Crippen LogP contribution in [0.5, 0.6) is 11.5 Å². The van der Waals surface area contributed by atoms with Crippen LogP contribution in [-0.2, 0) is 26.5 Å². The van der Waals surface area contributed by atoms with Crippen LogP contribution in [0.3, 0.4) is 0 Å². The summed E-state index contributed by atoms with van der Waals surface area (Å²) in [6.07, 6.45) is 2.78. The number of nitrogens with one attached hydrogen (secondary N) is 2. The van der Waals surface area contributed by atoms with Crippen molar-refractivity contribution in [2.75, 3.05) is 11.9 Å². The Kier molecular flexibility index (Phi) is 8.44. The van der Waals surface area contributed by atoms with Crippen LogP contribution >= 0.6 is 0 Å². The number of aromatic nitrogens is 3. The summed E-state index contributed by atoms with van der Waals surface area (Å²) in [6, 6.07) is 20.9. The molecule has 0 aliphatic rings. The molecule has 2 amide bonds. The molecule has 0 bridgehead atoms. The van der Waals surface area contributed by atoms with Crippen LogP contribution in [0, 0.1) is 5.82 Å². The number of benzene rings is 3. The molecular weight excluding hydrogens is 489 g/mol. The van der Waals surface area contributed by atoms with E-state index in [9.17, 15) is 14.0 Å². The van der Waals surface area contributed by atoms with Crippen LogP contribution in [0.1, 0.15) is 19.4 Å². The van der Waals surface area contributed by atoms with Gasteiger partial charge in [-0.15, -0.1) is 0 Å². The van der Waals surface area contributed by atoms with Crippen LogP contribution < -0.4 is 15.4 Å². The predicted octanol–water partition coefficient (Wildman–Crippen LogP) is 4.28. The molecule has 1 unspecified atom stereocenters. The van der Waals surface area contributed by atoms with Gasteiger partial charge in [0.1, 0.15) is 41.6 Å². The minimum atomic E-state index is -1.09. The number of ether oxygens (including phenoxy) is 2. The molecule has 4 aromatic rings. The van der Waals surface area contributed by atoms with Crippen molar-refractivity contribution >= 4 is 17.5 Å². The number of anilines is 1. The van der Waals surface area contributed by atoms with E-state index in [1.54, 1.807) is 38.1 Å². The minimum absolute atomic E-state index is 0.0499. The van der Waals surface area contributed by atoms with Crippen molar-refractivity contribution in [3.8, 4) is 11.5 Å². The molecule has 38 heavy (non-hydrogen) atoms. The van der Waals surface area contributed by atoms with Crippen molar-refractivity contribution in [2.24, 2.45) is 0 Å². The third-order valence-corrected chi connectivity index (χ3v) is 5.74. The number of hydrogen-bond donors (Lipinski definition) is 2. The van der Waals surface area contributed by atoms with E-state index in [1.165, 1.54) is 41.6 Å². The van der Waals surface area contributed by atoms with E-state index in [0.717, 1.165) is 5.56 Å². The van der Waals surface area contributed by atoms with Crippen LogP contribution in [0.15, 0.2) is 91.5 Å². The van der Waals surface area contributed by atoms with Gasteiger partial charge in [-0.1, -0.05) is 30.3 Å². The molecule has 0 spiro atoms. The Hall–Kier alpha value is -4.57. The number of halogens is 1. The second kappa shape index (κ2) is 12.1. The Morgan fingerprint density at radius 3 is 2.26 bits per heavy atom. The summed E-state index contributed by atoms with van der Waals surface area (Å²) in [5.74, 6) is -0.228. The van der Waals surface area contributed by atoms with Crippen LogP contribution in [0.4, 0.5) is 10.1 Å². The Balaban J connectivity index is 1.42. The minimum Gasteiger partial charge on any atom is -0.457 e. The highest BCUT2D eigenvalue weighted by molar-refractivity contribution is 5.98. The van der Waals surface area contributed by atoms with Crippen LogP contribution in [0.2, 0.25) is 0 Å². The van der Waals surface area contributed by atoms with E-state index in [0.29, 0.717) is 17.2 Å². The monoisotopic (exact) mass is 517 g/mol. The third kappa shape index (κ3) is 7.01. The second-order valence-corrected chi connectivity index (χ2v) is 9.00. The second-order valence-electron chi connectivity index (χ2n) is 9.00. The molecule has 4 rings (SSSR count). The van der Waals surface area contributed by atoms with Gasteiger partial charge in [-0.05, 0) is 67.9 Å². The van der Waals surface area contributed by atoms with Crippen molar-refractivity contribution in [1.29, 1.82) is 0 Å². The first-order valence-corrected chi connectivity index (χ1v) is 11.9. The maximum Gasteiger partial charge on any atom is 0.249 e. The molecule has 1 atom stereocenters. The molecular formula is C28H28FN5O4. The molecule has 0 saturated heterocycles. The molecule has 3 aromatic carbocycles. The molecule has 0 aliphatic heterocycles. The van der Waals surface area contributed by atoms with Gasteiger partial charge in [0.15, 0.2) is 0 Å². The standard InChI is InChI=1S/C28H28FN5O4/c1-28(2,34-19-30-18-31-34)27(36)33-25(17-37-16-20-6-4-3-5-7-20)26(35)32-22-10-14-24(15-11-22)38-23-12-8-21(29)9-13-23/h3-15,18-19,25H,16-17H2,1-2H3,(H,32,35)(H,33,36). The zero-order chi connectivity index (χ0) is 27.0. The Morgan fingerprint density at radius 1 is 0.974 bits per heavy atom. The van der Waals surface area contributed by atoms with Gasteiger partial charge in [0.2, 0.25) is 11.8 Å². The summed E-state index contributed by atoms with van der Waals surface area (Å²) in [5.41, 5.74) is 0.352. The summed E-state index contributed by atoms with van der Waals surface area (Å²) in [5, 5.41) is 9.64. The number of nitrogens with zero attached hydrogens (tertiary/aromatic N) is 3. The largest absolute Gasteiger partial charge is 0.457 e. The number of carbonyl (C=O) groups is 2. The summed E-state index contributed by atoms with van der Waals surface area (Å²) < 4.78 is 26.0. The fourth-order valence-electron chi connectivity index (χ4n) is 3.46. The molecule has 1 heterocycles. The molecule has 10 heteroatoms. The van der Waals surface area contributed by atoms with Gasteiger partial charge in [0.25, 0.3) is 0 Å². The zero-order valence-electron chi connectivity index (χ0n) is 21.0. The van der Waals surface area contributed by atoms with Crippen molar-refractivity contribution < 1.29 is 23.5 Å². The predicted molar refractivity (Wildman–Crippen MR) is 139 cm³/mol. The zero-order valence-corrected chi connectivity index (χ0v) is 21.0. The van der Waals surface area contributed by atoms with E-state index in [4.69, 9.17) is 9.47 Å². The van der Waals surface area contributed by atoms with E-state index in [1.807, 2.05) is 30.3 Å². The smallest absolute Gasteiger partial charge is 0.249 e. The summed E-state index contributed by atoms with van der Waals surface area (Å²) in [6.45, 7) is 3.58. The number of rotatable bonds is 11. The average molecular weight is 518 g/mol. The van der Waals surface area contributed by atoms with Crippen molar-refractivity contribution in [3.05, 3.63) is 103 Å². The first-order chi connectivity index (χ1) is 18.3. The molecule has 0 aliphatic carbocycles. The SMILES string of the molecule is CC(C)(C(=O)NC(COCc1ccccc1)C(=O)Nc1ccc(Oc2ccc(F)cc2)cc1)n1cncn1. The third-order valence-electron chi connectivity index (χ3n) is 5.74. The van der Waals surface area contributed by atoms with Crippen molar-refractivity contribution in [3.63, 3.8) is 0 Å². The lowest BCUT2D eigenvalue weighted by atomic mass is 10.0. The lowest BCUT2D eigenvalue weighted by molar-refractivity contribution is -0.133. The Labute approximate surface area is 219 Å². The summed E-state index contributed by atoms with van der Waals surface area (Å²) >= 11 is 0. The normalized spacial score (nSPS) is 12.0. The molecule has 0 fully saturated rings. The van der Waals surface area contributed by atoms with Gasteiger partial charge < -0.3 is 20.1 Å². The molecule has 0 radical (unpaired) electrons. The lowest BCUT2D eigenvalue weighted by Crippen LogP contribution is -2.53. The highest BCUT2D eigenvalue weighted by Gasteiger charge is 2.34. The quantitative estimate of drug-likeness (QED) is 0.308. The Bertz CT molecular complexity index is 1330. The molecule has 1 aromatic heterocycles. The van der Waals surface area contributed by atoms with Crippen molar-refractivity contribution in [1.82, 2.24) is 20.1 Å². The fourth-order valence-corrected chi connectivity index (χ4v) is 3.46. The van der Waals surface area contributed by atoms with Gasteiger partial charge in [0, 0.05) is 5.69 Å². The Morgan fingerprint density at radius 2 is 1.63 bits per heavy atom. The first-order valence-electron chi connectivity index (χ1n) is 11.9. The van der Waals surface area contributed by atoms with Gasteiger partial charge in [-0.25, -0.2) is 14.1 Å². The summed E-state index contributed by atoms with van der Waals surface area (Å²) in [4.78, 5) is 30.2. The van der Waals surface area contributed by atoms with Gasteiger partial charge in [0.05, 0.1) is 13.2 Å². The number of carbonyl (C=O) groups excluding carboxylic acids is 2. The van der Waals surface area contributed by atoms with Gasteiger partial charge >= 0.3 is 0 Å². The number of hydrogen-bond acceptors (Lipinski definition) is 6. The van der Waals surface area contributed by atoms with Crippen LogP contribution in [0.25, 0.3) is 0 Å².